The van der Waals surface area contributed by atoms with Crippen molar-refractivity contribution in [2.45, 2.75) is 26.2 Å². The van der Waals surface area contributed by atoms with Gasteiger partial charge in [-0.05, 0) is 49.0 Å². The molecule has 0 bridgehead atoms. The molecule has 0 unspecified atom stereocenters. The van der Waals surface area contributed by atoms with E-state index in [9.17, 15) is 9.90 Å². The molecule has 0 atom stereocenters. The van der Waals surface area contributed by atoms with Crippen molar-refractivity contribution in [3.8, 4) is 16.3 Å². The Morgan fingerprint density at radius 2 is 2.08 bits per heavy atom. The summed E-state index contributed by atoms with van der Waals surface area (Å²) in [6.45, 7) is 2.03. The predicted octanol–water partition coefficient (Wildman–Crippen LogP) is 4.67. The van der Waals surface area contributed by atoms with Crippen LogP contribution in [0.25, 0.3) is 20.8 Å². The summed E-state index contributed by atoms with van der Waals surface area (Å²) in [7, 11) is 0. The van der Waals surface area contributed by atoms with E-state index in [1.165, 1.54) is 11.3 Å². The molecular formula is C19H19N3O2S2. The van der Waals surface area contributed by atoms with E-state index in [2.05, 4.69) is 15.6 Å². The summed E-state index contributed by atoms with van der Waals surface area (Å²) in [6.07, 6.45) is 2.23. The Morgan fingerprint density at radius 3 is 2.85 bits per heavy atom. The number of anilines is 1. The van der Waals surface area contributed by atoms with Crippen LogP contribution in [-0.4, -0.2) is 21.1 Å². The zero-order chi connectivity index (χ0) is 18.5. The highest BCUT2D eigenvalue weighted by atomic mass is 32.1. The van der Waals surface area contributed by atoms with Gasteiger partial charge in [-0.1, -0.05) is 25.5 Å². The minimum atomic E-state index is -0.102. The van der Waals surface area contributed by atoms with Gasteiger partial charge in [0.1, 0.15) is 10.8 Å². The van der Waals surface area contributed by atoms with Crippen molar-refractivity contribution in [3.05, 3.63) is 42.5 Å². The van der Waals surface area contributed by atoms with E-state index < -0.39 is 0 Å². The third-order valence-corrected chi connectivity index (χ3v) is 5.06. The van der Waals surface area contributed by atoms with Gasteiger partial charge in [0.15, 0.2) is 5.11 Å². The number of carbonyl (C=O) groups is 1. The number of fused-ring (bicyclic) bond motifs is 1. The third kappa shape index (κ3) is 4.36. The summed E-state index contributed by atoms with van der Waals surface area (Å²) < 4.78 is 1.05. The standard InChI is InChI=1S/C19H19N3O2S2/c1-2-3-8-17(24)22-19(25)20-12-9-10-15(23)13(11-12)18-21-14-6-4-5-7-16(14)26-18/h4-7,9-11,23H,2-3,8H2,1H3,(H2,20,22,24,25). The Morgan fingerprint density at radius 1 is 1.27 bits per heavy atom. The van der Waals surface area contributed by atoms with Gasteiger partial charge >= 0.3 is 0 Å². The highest BCUT2D eigenvalue weighted by molar-refractivity contribution is 7.80. The predicted molar refractivity (Wildman–Crippen MR) is 111 cm³/mol. The van der Waals surface area contributed by atoms with E-state index in [1.54, 1.807) is 18.2 Å². The van der Waals surface area contributed by atoms with E-state index in [1.807, 2.05) is 31.2 Å². The van der Waals surface area contributed by atoms with Crippen LogP contribution in [0.3, 0.4) is 0 Å². The number of rotatable bonds is 5. The molecule has 3 rings (SSSR count). The zero-order valence-corrected chi connectivity index (χ0v) is 15.9. The van der Waals surface area contributed by atoms with Gasteiger partial charge < -0.3 is 15.7 Å². The Labute approximate surface area is 161 Å². The number of thiocarbonyl (C=S) groups is 1. The first kappa shape index (κ1) is 18.3. The number of phenolic OH excluding ortho intramolecular Hbond substituents is 1. The molecule has 5 nitrogen and oxygen atoms in total. The topological polar surface area (TPSA) is 74.2 Å². The van der Waals surface area contributed by atoms with Gasteiger partial charge in [0, 0.05) is 12.1 Å². The van der Waals surface area contributed by atoms with Crippen molar-refractivity contribution < 1.29 is 9.90 Å². The molecule has 26 heavy (non-hydrogen) atoms. The van der Waals surface area contributed by atoms with Crippen LogP contribution in [0.5, 0.6) is 5.75 Å². The first-order valence-corrected chi connectivity index (χ1v) is 9.59. The Kier molecular flexibility index (Phi) is 5.80. The van der Waals surface area contributed by atoms with E-state index in [0.29, 0.717) is 17.7 Å². The summed E-state index contributed by atoms with van der Waals surface area (Å²) in [6, 6.07) is 12.9. The largest absolute Gasteiger partial charge is 0.507 e. The van der Waals surface area contributed by atoms with Gasteiger partial charge in [-0.15, -0.1) is 11.3 Å². The van der Waals surface area contributed by atoms with Gasteiger partial charge in [0.2, 0.25) is 5.91 Å². The molecule has 0 saturated heterocycles. The number of nitrogens with zero attached hydrogens (tertiary/aromatic N) is 1. The normalized spacial score (nSPS) is 10.7. The summed E-state index contributed by atoms with van der Waals surface area (Å²) >= 11 is 6.70. The van der Waals surface area contributed by atoms with Crippen LogP contribution < -0.4 is 10.6 Å². The Hall–Kier alpha value is -2.51. The number of carbonyl (C=O) groups excluding carboxylic acids is 1. The van der Waals surface area contributed by atoms with Gasteiger partial charge in [-0.25, -0.2) is 4.98 Å². The number of benzene rings is 2. The van der Waals surface area contributed by atoms with Crippen molar-refractivity contribution in [2.75, 3.05) is 5.32 Å². The van der Waals surface area contributed by atoms with Crippen LogP contribution in [0.2, 0.25) is 0 Å². The molecular weight excluding hydrogens is 366 g/mol. The number of unbranched alkanes of at least 4 members (excludes halogenated alkanes) is 1. The lowest BCUT2D eigenvalue weighted by atomic mass is 10.2. The molecule has 134 valence electrons. The fourth-order valence-corrected chi connectivity index (χ4v) is 3.68. The smallest absolute Gasteiger partial charge is 0.226 e. The number of phenols is 1. The maximum Gasteiger partial charge on any atom is 0.226 e. The third-order valence-electron chi connectivity index (χ3n) is 3.79. The molecule has 0 spiro atoms. The molecule has 0 aliphatic rings. The minimum absolute atomic E-state index is 0.102. The minimum Gasteiger partial charge on any atom is -0.507 e. The molecule has 1 heterocycles. The van der Waals surface area contributed by atoms with E-state index in [4.69, 9.17) is 12.2 Å². The van der Waals surface area contributed by atoms with E-state index in [-0.39, 0.29) is 16.8 Å². The van der Waals surface area contributed by atoms with Crippen LogP contribution in [-0.2, 0) is 4.79 Å². The molecule has 0 radical (unpaired) electrons. The van der Waals surface area contributed by atoms with E-state index in [0.717, 1.165) is 28.1 Å². The maximum atomic E-state index is 11.8. The molecule has 0 fully saturated rings. The number of para-hydroxylation sites is 1. The zero-order valence-electron chi connectivity index (χ0n) is 14.3. The lowest BCUT2D eigenvalue weighted by molar-refractivity contribution is -0.119. The summed E-state index contributed by atoms with van der Waals surface area (Å²) in [5, 5.41) is 16.8. The molecule has 0 saturated carbocycles. The molecule has 1 aromatic heterocycles. The number of nitrogens with one attached hydrogen (secondary N) is 2. The molecule has 3 N–H and O–H groups in total. The average molecular weight is 386 g/mol. The molecule has 7 heteroatoms. The summed E-state index contributed by atoms with van der Waals surface area (Å²) in [5.74, 6) is 0.0435. The Bertz CT molecular complexity index is 920. The lowest BCUT2D eigenvalue weighted by Gasteiger charge is -2.11. The highest BCUT2D eigenvalue weighted by Gasteiger charge is 2.12. The summed E-state index contributed by atoms with van der Waals surface area (Å²) in [5.41, 5.74) is 2.19. The second-order valence-corrected chi connectivity index (χ2v) is 7.26. The number of aromatic hydroxyl groups is 1. The molecule has 0 aliphatic carbocycles. The van der Waals surface area contributed by atoms with Crippen LogP contribution >= 0.6 is 23.6 Å². The number of amides is 1. The van der Waals surface area contributed by atoms with Crippen molar-refractivity contribution in [3.63, 3.8) is 0 Å². The highest BCUT2D eigenvalue weighted by Crippen LogP contribution is 2.36. The fraction of sp³-hybridized carbons (Fsp3) is 0.211. The quantitative estimate of drug-likeness (QED) is 0.439. The SMILES string of the molecule is CCCCC(=O)NC(=S)Nc1ccc(O)c(-c2nc3ccccc3s2)c1. The molecule has 3 aromatic rings. The number of aromatic nitrogens is 1. The monoisotopic (exact) mass is 385 g/mol. The number of hydrogen-bond donors (Lipinski definition) is 3. The van der Waals surface area contributed by atoms with Gasteiger partial charge in [0.25, 0.3) is 0 Å². The van der Waals surface area contributed by atoms with Crippen LogP contribution in [0, 0.1) is 0 Å². The second kappa shape index (κ2) is 8.25. The Balaban J connectivity index is 1.77. The van der Waals surface area contributed by atoms with Gasteiger partial charge in [0.05, 0.1) is 15.8 Å². The fourth-order valence-electron chi connectivity index (χ4n) is 2.46. The lowest BCUT2D eigenvalue weighted by Crippen LogP contribution is -2.33. The van der Waals surface area contributed by atoms with Crippen molar-refractivity contribution in [1.82, 2.24) is 10.3 Å². The van der Waals surface area contributed by atoms with E-state index >= 15 is 0 Å². The number of hydrogen-bond acceptors (Lipinski definition) is 5. The average Bonchev–Trinajstić information content (AvgIpc) is 3.05. The molecule has 0 aliphatic heterocycles. The first-order chi connectivity index (χ1) is 12.6. The van der Waals surface area contributed by atoms with Gasteiger partial charge in [-0.3, -0.25) is 4.79 Å². The molecule has 2 aromatic carbocycles. The maximum absolute atomic E-state index is 11.8. The van der Waals surface area contributed by atoms with Crippen LogP contribution in [0.1, 0.15) is 26.2 Å². The van der Waals surface area contributed by atoms with Crippen molar-refractivity contribution in [2.24, 2.45) is 0 Å². The van der Waals surface area contributed by atoms with Gasteiger partial charge in [-0.2, -0.15) is 0 Å². The van der Waals surface area contributed by atoms with Crippen molar-refractivity contribution >= 4 is 50.5 Å². The second-order valence-electron chi connectivity index (χ2n) is 5.82. The number of thiazole rings is 1. The van der Waals surface area contributed by atoms with Crippen molar-refractivity contribution in [1.29, 1.82) is 0 Å². The molecule has 1 amide bonds. The first-order valence-electron chi connectivity index (χ1n) is 8.36. The summed E-state index contributed by atoms with van der Waals surface area (Å²) in [4.78, 5) is 16.3. The van der Waals surface area contributed by atoms with Crippen LogP contribution in [0.4, 0.5) is 5.69 Å². The van der Waals surface area contributed by atoms with Crippen LogP contribution in [0.15, 0.2) is 42.5 Å².